The van der Waals surface area contributed by atoms with Gasteiger partial charge >= 0.3 is 0 Å². The quantitative estimate of drug-likeness (QED) is 0.198. The third-order valence-corrected chi connectivity index (χ3v) is 10.4. The van der Waals surface area contributed by atoms with Gasteiger partial charge in [0.2, 0.25) is 0 Å². The van der Waals surface area contributed by atoms with Gasteiger partial charge in [-0.2, -0.15) is 0 Å². The van der Waals surface area contributed by atoms with Gasteiger partial charge in [0.15, 0.2) is 0 Å². The second kappa shape index (κ2) is 10.6. The first kappa shape index (κ1) is 27.3. The number of hydrogen-bond acceptors (Lipinski definition) is 2. The summed E-state index contributed by atoms with van der Waals surface area (Å²) in [5.41, 5.74) is 10.9. The normalized spacial score (nSPS) is 20.8. The Morgan fingerprint density at radius 2 is 1.48 bits per heavy atom. The molecule has 230 valence electrons. The first-order valence-electron chi connectivity index (χ1n) is 16.9. The van der Waals surface area contributed by atoms with Gasteiger partial charge in [-0.25, -0.2) is 4.98 Å². The third-order valence-electron chi connectivity index (χ3n) is 10.4. The first-order chi connectivity index (χ1) is 23.7. The molecule has 3 aliphatic carbocycles. The maximum atomic E-state index is 5.16. The Morgan fingerprint density at radius 3 is 2.33 bits per heavy atom. The summed E-state index contributed by atoms with van der Waals surface area (Å²) in [6.07, 6.45) is 21.6. The van der Waals surface area contributed by atoms with Gasteiger partial charge in [0.1, 0.15) is 5.82 Å². The van der Waals surface area contributed by atoms with Crippen molar-refractivity contribution in [2.75, 3.05) is 4.90 Å². The highest BCUT2D eigenvalue weighted by molar-refractivity contribution is 5.91. The molecule has 4 aliphatic rings. The fraction of sp³-hybridized carbons (Fsp3) is 0.114. The van der Waals surface area contributed by atoms with Crippen molar-refractivity contribution in [2.24, 2.45) is 11.8 Å². The van der Waals surface area contributed by atoms with Crippen molar-refractivity contribution in [1.82, 2.24) is 14.1 Å². The molecule has 0 saturated carbocycles. The van der Waals surface area contributed by atoms with Crippen LogP contribution in [0.3, 0.4) is 0 Å². The lowest BCUT2D eigenvalue weighted by molar-refractivity contribution is 0.641. The van der Waals surface area contributed by atoms with Crippen LogP contribution in [0.25, 0.3) is 56.4 Å². The molecule has 0 bridgehead atoms. The van der Waals surface area contributed by atoms with Gasteiger partial charge in [0.05, 0.1) is 27.9 Å². The monoisotopic (exact) mass is 618 g/mol. The van der Waals surface area contributed by atoms with E-state index in [1.165, 1.54) is 44.0 Å². The van der Waals surface area contributed by atoms with Crippen molar-refractivity contribution in [2.45, 2.75) is 19.4 Å². The smallest absolute Gasteiger partial charge is 0.145 e. The summed E-state index contributed by atoms with van der Waals surface area (Å²) in [5, 5.41) is 3.88. The SMILES string of the molecule is CC1C=CC=C(n2c(-c3ccc(-n4c5c(c6ccccc64)=C4C=CN(c6ccccc6)C6C=CC=C(C=5)C46)cc3)nc3ccccc32)C1. The summed E-state index contributed by atoms with van der Waals surface area (Å²) >= 11 is 0. The first-order valence-corrected chi connectivity index (χ1v) is 16.9. The number of hydrogen-bond donors (Lipinski definition) is 0. The standard InChI is InChI=1S/C44H34N4/c1-29-11-9-15-34(27-29)48-39-19-8-6-17-37(39)45-44(48)30-21-23-33(24-22-30)47-38-18-7-5-16-35(38)43-36-25-26-46(32-13-3-2-4-14-32)40-20-10-12-31(42(36)40)28-41(43)47/h2-26,28-29,40,42H,27H2,1H3. The lowest BCUT2D eigenvalue weighted by atomic mass is 9.75. The minimum absolute atomic E-state index is 0.232. The number of nitrogens with zero attached hydrogens (tertiary/aromatic N) is 4. The second-order valence-electron chi connectivity index (χ2n) is 13.3. The molecule has 0 radical (unpaired) electrons. The molecule has 4 aromatic carbocycles. The molecule has 6 aromatic rings. The Balaban J connectivity index is 1.15. The van der Waals surface area contributed by atoms with E-state index in [1.54, 1.807) is 0 Å². The molecule has 0 saturated heterocycles. The van der Waals surface area contributed by atoms with Crippen molar-refractivity contribution in [3.8, 4) is 17.1 Å². The van der Waals surface area contributed by atoms with Crippen molar-refractivity contribution in [3.05, 3.63) is 168 Å². The summed E-state index contributed by atoms with van der Waals surface area (Å²) in [6, 6.07) is 37.3. The summed E-state index contributed by atoms with van der Waals surface area (Å²) in [6.45, 7) is 2.28. The zero-order valence-corrected chi connectivity index (χ0v) is 26.7. The molecular weight excluding hydrogens is 585 g/mol. The number of para-hydroxylation sites is 4. The van der Waals surface area contributed by atoms with Gasteiger partial charge in [-0.05, 0) is 96.3 Å². The van der Waals surface area contributed by atoms with Crippen molar-refractivity contribution >= 4 is 45.0 Å². The van der Waals surface area contributed by atoms with E-state index in [1.807, 2.05) is 0 Å². The molecule has 2 aromatic heterocycles. The van der Waals surface area contributed by atoms with E-state index >= 15 is 0 Å². The van der Waals surface area contributed by atoms with E-state index in [2.05, 4.69) is 179 Å². The van der Waals surface area contributed by atoms with Crippen LogP contribution in [0, 0.1) is 11.8 Å². The maximum Gasteiger partial charge on any atom is 0.145 e. The van der Waals surface area contributed by atoms with Gasteiger partial charge in [-0.15, -0.1) is 0 Å². The van der Waals surface area contributed by atoms with Crippen LogP contribution in [0.2, 0.25) is 0 Å². The fourth-order valence-electron chi connectivity index (χ4n) is 8.30. The van der Waals surface area contributed by atoms with Crippen LogP contribution in [0.4, 0.5) is 5.69 Å². The highest BCUT2D eigenvalue weighted by Gasteiger charge is 2.36. The van der Waals surface area contributed by atoms with E-state index < -0.39 is 0 Å². The summed E-state index contributed by atoms with van der Waals surface area (Å²) in [7, 11) is 0. The maximum absolute atomic E-state index is 5.16. The Bertz CT molecular complexity index is 2550. The average molecular weight is 619 g/mol. The third kappa shape index (κ3) is 4.05. The van der Waals surface area contributed by atoms with Gasteiger partial charge in [-0.3, -0.25) is 4.57 Å². The molecule has 3 unspecified atom stereocenters. The van der Waals surface area contributed by atoms with Crippen LogP contribution in [0.15, 0.2) is 157 Å². The Hall–Kier alpha value is -5.87. The number of rotatable bonds is 4. The lowest BCUT2D eigenvalue weighted by Gasteiger charge is -2.41. The lowest BCUT2D eigenvalue weighted by Crippen LogP contribution is -2.46. The average Bonchev–Trinajstić information content (AvgIpc) is 3.69. The van der Waals surface area contributed by atoms with Crippen molar-refractivity contribution in [1.29, 1.82) is 0 Å². The van der Waals surface area contributed by atoms with Gasteiger partial charge in [-0.1, -0.05) is 85.8 Å². The van der Waals surface area contributed by atoms with E-state index in [9.17, 15) is 0 Å². The van der Waals surface area contributed by atoms with E-state index in [-0.39, 0.29) is 12.0 Å². The Labute approximate surface area is 279 Å². The minimum Gasteiger partial charge on any atom is -0.340 e. The molecule has 0 spiro atoms. The Morgan fingerprint density at radius 1 is 0.708 bits per heavy atom. The number of benzene rings is 4. The van der Waals surface area contributed by atoms with Crippen LogP contribution >= 0.6 is 0 Å². The molecule has 0 N–H and O–H groups in total. The molecule has 4 heteroatoms. The predicted octanol–water partition coefficient (Wildman–Crippen LogP) is 8.54. The minimum atomic E-state index is 0.232. The molecule has 4 nitrogen and oxygen atoms in total. The van der Waals surface area contributed by atoms with Crippen molar-refractivity contribution < 1.29 is 0 Å². The van der Waals surface area contributed by atoms with Crippen LogP contribution < -0.4 is 15.5 Å². The molecule has 3 atom stereocenters. The number of aromatic nitrogens is 3. The van der Waals surface area contributed by atoms with Crippen molar-refractivity contribution in [3.63, 3.8) is 0 Å². The topological polar surface area (TPSA) is 26.0 Å². The van der Waals surface area contributed by atoms with Crippen LogP contribution in [-0.4, -0.2) is 20.2 Å². The molecule has 3 heterocycles. The summed E-state index contributed by atoms with van der Waals surface area (Å²) in [5.74, 6) is 1.75. The number of anilines is 1. The molecule has 0 amide bonds. The fourth-order valence-corrected chi connectivity index (χ4v) is 8.30. The largest absolute Gasteiger partial charge is 0.340 e. The molecule has 10 rings (SSSR count). The van der Waals surface area contributed by atoms with Crippen LogP contribution in [0.5, 0.6) is 0 Å². The van der Waals surface area contributed by atoms with E-state index in [0.29, 0.717) is 5.92 Å². The van der Waals surface area contributed by atoms with Gasteiger partial charge < -0.3 is 9.47 Å². The molecule has 48 heavy (non-hydrogen) atoms. The van der Waals surface area contributed by atoms with Gasteiger partial charge in [0, 0.05) is 45.4 Å². The number of allylic oxidation sites excluding steroid dienone is 7. The number of fused-ring (bicyclic) bond motifs is 4. The summed E-state index contributed by atoms with van der Waals surface area (Å²) in [4.78, 5) is 7.58. The summed E-state index contributed by atoms with van der Waals surface area (Å²) < 4.78 is 4.80. The Kier molecular flexibility index (Phi) is 6.01. The molecule has 1 aliphatic heterocycles. The van der Waals surface area contributed by atoms with E-state index in [0.717, 1.165) is 34.5 Å². The second-order valence-corrected chi connectivity index (χ2v) is 13.3. The van der Waals surface area contributed by atoms with Gasteiger partial charge in [0.25, 0.3) is 0 Å². The molecule has 0 fully saturated rings. The zero-order chi connectivity index (χ0) is 31.8. The zero-order valence-electron chi connectivity index (χ0n) is 26.7. The molecular formula is C44H34N4. The van der Waals surface area contributed by atoms with Crippen LogP contribution in [-0.2, 0) is 0 Å². The van der Waals surface area contributed by atoms with Crippen LogP contribution in [0.1, 0.15) is 13.3 Å². The van der Waals surface area contributed by atoms with E-state index in [4.69, 9.17) is 4.98 Å². The highest BCUT2D eigenvalue weighted by Crippen LogP contribution is 2.40. The highest BCUT2D eigenvalue weighted by atomic mass is 15.2. The predicted molar refractivity (Wildman–Crippen MR) is 199 cm³/mol. The number of imidazole rings is 1.